The molecule has 0 amide bonds. The number of rotatable bonds is 5. The first kappa shape index (κ1) is 13.9. The van der Waals surface area contributed by atoms with E-state index in [9.17, 15) is 4.79 Å². The van der Waals surface area contributed by atoms with Crippen LogP contribution in [0.2, 0.25) is 0 Å². The number of carbonyl (C=O) groups is 1. The first-order valence-electron chi connectivity index (χ1n) is 6.31. The number of ether oxygens (including phenoxy) is 1. The van der Waals surface area contributed by atoms with E-state index in [0.717, 1.165) is 34.9 Å². The summed E-state index contributed by atoms with van der Waals surface area (Å²) in [4.78, 5) is 10.5. The predicted octanol–water partition coefficient (Wildman–Crippen LogP) is 3.38. The summed E-state index contributed by atoms with van der Waals surface area (Å²) in [7, 11) is 1.66. The lowest BCUT2D eigenvalue weighted by molar-refractivity contribution is -0.131. The SMILES string of the molecule is COc1ccccc1Cc1cccc(/C=C/C(=O)O)c1. The van der Waals surface area contributed by atoms with Gasteiger partial charge >= 0.3 is 5.97 Å². The van der Waals surface area contributed by atoms with Gasteiger partial charge in [-0.1, -0.05) is 42.5 Å². The van der Waals surface area contributed by atoms with Gasteiger partial charge in [-0.15, -0.1) is 0 Å². The van der Waals surface area contributed by atoms with E-state index in [1.54, 1.807) is 13.2 Å². The fraction of sp³-hybridized carbons (Fsp3) is 0.118. The highest BCUT2D eigenvalue weighted by molar-refractivity contribution is 5.85. The van der Waals surface area contributed by atoms with Gasteiger partial charge in [0.05, 0.1) is 7.11 Å². The number of para-hydroxylation sites is 1. The lowest BCUT2D eigenvalue weighted by Gasteiger charge is -2.08. The van der Waals surface area contributed by atoms with Crippen molar-refractivity contribution in [2.45, 2.75) is 6.42 Å². The molecule has 0 atom stereocenters. The van der Waals surface area contributed by atoms with Crippen molar-refractivity contribution in [3.8, 4) is 5.75 Å². The van der Waals surface area contributed by atoms with Crippen LogP contribution in [-0.4, -0.2) is 18.2 Å². The molecule has 0 bridgehead atoms. The van der Waals surface area contributed by atoms with E-state index >= 15 is 0 Å². The molecule has 0 aliphatic carbocycles. The van der Waals surface area contributed by atoms with Crippen LogP contribution >= 0.6 is 0 Å². The number of carboxylic acids is 1. The minimum Gasteiger partial charge on any atom is -0.496 e. The van der Waals surface area contributed by atoms with E-state index in [2.05, 4.69) is 0 Å². The molecule has 0 fully saturated rings. The van der Waals surface area contributed by atoms with Crippen molar-refractivity contribution in [2.75, 3.05) is 7.11 Å². The highest BCUT2D eigenvalue weighted by atomic mass is 16.5. The summed E-state index contributed by atoms with van der Waals surface area (Å²) in [6.45, 7) is 0. The Balaban J connectivity index is 2.21. The Hall–Kier alpha value is -2.55. The number of methoxy groups -OCH3 is 1. The van der Waals surface area contributed by atoms with Crippen molar-refractivity contribution < 1.29 is 14.6 Å². The molecule has 1 N–H and O–H groups in total. The normalized spacial score (nSPS) is 10.7. The van der Waals surface area contributed by atoms with Gasteiger partial charge in [0.15, 0.2) is 0 Å². The zero-order valence-electron chi connectivity index (χ0n) is 11.2. The average molecular weight is 268 g/mol. The number of hydrogen-bond acceptors (Lipinski definition) is 2. The van der Waals surface area contributed by atoms with Gasteiger partial charge in [-0.25, -0.2) is 4.79 Å². The lowest BCUT2D eigenvalue weighted by atomic mass is 10.0. The van der Waals surface area contributed by atoms with Gasteiger partial charge in [0.25, 0.3) is 0 Å². The zero-order valence-corrected chi connectivity index (χ0v) is 11.2. The quantitative estimate of drug-likeness (QED) is 0.845. The summed E-state index contributed by atoms with van der Waals surface area (Å²) in [5.74, 6) is -0.0842. The van der Waals surface area contributed by atoms with Crippen LogP contribution < -0.4 is 4.74 Å². The highest BCUT2D eigenvalue weighted by Crippen LogP contribution is 2.21. The maximum Gasteiger partial charge on any atom is 0.328 e. The molecule has 2 aromatic carbocycles. The average Bonchev–Trinajstić information content (AvgIpc) is 2.46. The van der Waals surface area contributed by atoms with Crippen LogP contribution in [0.3, 0.4) is 0 Å². The van der Waals surface area contributed by atoms with Gasteiger partial charge in [0, 0.05) is 12.5 Å². The van der Waals surface area contributed by atoms with Crippen LogP contribution in [0.5, 0.6) is 5.75 Å². The third kappa shape index (κ3) is 3.72. The molecule has 0 heterocycles. The van der Waals surface area contributed by atoms with Crippen LogP contribution in [0, 0.1) is 0 Å². The van der Waals surface area contributed by atoms with E-state index in [-0.39, 0.29) is 0 Å². The van der Waals surface area contributed by atoms with E-state index in [0.29, 0.717) is 0 Å². The summed E-state index contributed by atoms with van der Waals surface area (Å²) < 4.78 is 5.34. The number of benzene rings is 2. The lowest BCUT2D eigenvalue weighted by Crippen LogP contribution is -1.94. The molecular formula is C17H16O3. The van der Waals surface area contributed by atoms with Crippen LogP contribution in [0.1, 0.15) is 16.7 Å². The first-order chi connectivity index (χ1) is 9.69. The molecule has 102 valence electrons. The first-order valence-corrected chi connectivity index (χ1v) is 6.31. The Labute approximate surface area is 118 Å². The predicted molar refractivity (Wildman–Crippen MR) is 78.9 cm³/mol. The highest BCUT2D eigenvalue weighted by Gasteiger charge is 2.03. The van der Waals surface area contributed by atoms with E-state index < -0.39 is 5.97 Å². The molecule has 0 saturated heterocycles. The summed E-state index contributed by atoms with van der Waals surface area (Å²) >= 11 is 0. The Morgan fingerprint density at radius 1 is 1.20 bits per heavy atom. The molecule has 3 heteroatoms. The molecule has 0 saturated carbocycles. The van der Waals surface area contributed by atoms with Gasteiger partial charge in [0.2, 0.25) is 0 Å². The maximum absolute atomic E-state index is 10.5. The Bertz CT molecular complexity index is 630. The molecule has 0 aliphatic rings. The summed E-state index contributed by atoms with van der Waals surface area (Å²) in [6, 6.07) is 15.7. The molecule has 2 rings (SSSR count). The van der Waals surface area contributed by atoms with Gasteiger partial charge in [-0.05, 0) is 28.8 Å². The summed E-state index contributed by atoms with van der Waals surface area (Å²) in [6.07, 6.45) is 3.48. The second-order valence-electron chi connectivity index (χ2n) is 4.41. The number of hydrogen-bond donors (Lipinski definition) is 1. The van der Waals surface area contributed by atoms with Gasteiger partial charge in [0.1, 0.15) is 5.75 Å². The Morgan fingerprint density at radius 2 is 2.00 bits per heavy atom. The minimum atomic E-state index is -0.944. The van der Waals surface area contributed by atoms with Crippen molar-refractivity contribution in [3.63, 3.8) is 0 Å². The fourth-order valence-electron chi connectivity index (χ4n) is 2.04. The van der Waals surface area contributed by atoms with Gasteiger partial charge < -0.3 is 9.84 Å². The van der Waals surface area contributed by atoms with Crippen molar-refractivity contribution in [1.29, 1.82) is 0 Å². The Kier molecular flexibility index (Phi) is 4.56. The molecule has 2 aromatic rings. The molecular weight excluding hydrogens is 252 g/mol. The number of carboxylic acid groups (broad SMARTS) is 1. The third-order valence-corrected chi connectivity index (χ3v) is 2.96. The van der Waals surface area contributed by atoms with E-state index in [4.69, 9.17) is 9.84 Å². The molecule has 0 radical (unpaired) electrons. The van der Waals surface area contributed by atoms with Crippen molar-refractivity contribution in [3.05, 3.63) is 71.3 Å². The summed E-state index contributed by atoms with van der Waals surface area (Å²) in [5, 5.41) is 8.64. The largest absolute Gasteiger partial charge is 0.496 e. The molecule has 20 heavy (non-hydrogen) atoms. The van der Waals surface area contributed by atoms with Crippen LogP contribution in [0.15, 0.2) is 54.6 Å². The zero-order chi connectivity index (χ0) is 14.4. The molecule has 3 nitrogen and oxygen atoms in total. The third-order valence-electron chi connectivity index (χ3n) is 2.96. The maximum atomic E-state index is 10.5. The Morgan fingerprint density at radius 3 is 2.75 bits per heavy atom. The van der Waals surface area contributed by atoms with Crippen LogP contribution in [0.25, 0.3) is 6.08 Å². The molecule has 0 aliphatic heterocycles. The van der Waals surface area contributed by atoms with Crippen LogP contribution in [-0.2, 0) is 11.2 Å². The van der Waals surface area contributed by atoms with Gasteiger partial charge in [-0.3, -0.25) is 0 Å². The molecule has 0 unspecified atom stereocenters. The fourth-order valence-corrected chi connectivity index (χ4v) is 2.04. The topological polar surface area (TPSA) is 46.5 Å². The number of aliphatic carboxylic acids is 1. The standard InChI is InChI=1S/C17H16O3/c1-20-16-8-3-2-7-15(16)12-14-6-4-5-13(11-14)9-10-17(18)19/h2-11H,12H2,1H3,(H,18,19)/b10-9+. The van der Waals surface area contributed by atoms with E-state index in [1.165, 1.54) is 0 Å². The molecule has 0 spiro atoms. The van der Waals surface area contributed by atoms with Crippen molar-refractivity contribution in [1.82, 2.24) is 0 Å². The monoisotopic (exact) mass is 268 g/mol. The smallest absolute Gasteiger partial charge is 0.328 e. The second-order valence-corrected chi connectivity index (χ2v) is 4.41. The van der Waals surface area contributed by atoms with Crippen molar-refractivity contribution in [2.24, 2.45) is 0 Å². The second kappa shape index (κ2) is 6.57. The molecule has 0 aromatic heterocycles. The van der Waals surface area contributed by atoms with Gasteiger partial charge in [-0.2, -0.15) is 0 Å². The van der Waals surface area contributed by atoms with Crippen LogP contribution in [0.4, 0.5) is 0 Å². The minimum absolute atomic E-state index is 0.749. The van der Waals surface area contributed by atoms with Crippen molar-refractivity contribution >= 4 is 12.0 Å². The van der Waals surface area contributed by atoms with E-state index in [1.807, 2.05) is 48.5 Å². The summed E-state index contributed by atoms with van der Waals surface area (Å²) in [5.41, 5.74) is 3.09.